The number of anilines is 1. The summed E-state index contributed by atoms with van der Waals surface area (Å²) in [5.74, 6) is 0.747. The van der Waals surface area contributed by atoms with E-state index in [0.717, 1.165) is 36.6 Å². The van der Waals surface area contributed by atoms with Crippen molar-refractivity contribution in [3.8, 4) is 17.3 Å². The Morgan fingerprint density at radius 1 is 1.21 bits per heavy atom. The first-order valence-electron chi connectivity index (χ1n) is 10.6. The molecule has 0 bridgehead atoms. The Bertz CT molecular complexity index is 1160. The molecule has 5 rings (SSSR count). The van der Waals surface area contributed by atoms with Gasteiger partial charge in [-0.1, -0.05) is 6.07 Å². The lowest BCUT2D eigenvalue weighted by Crippen LogP contribution is -2.47. The number of piperidine rings is 1. The van der Waals surface area contributed by atoms with E-state index >= 15 is 0 Å². The minimum Gasteiger partial charge on any atom is -0.477 e. The summed E-state index contributed by atoms with van der Waals surface area (Å²) in [5, 5.41) is 0.841. The van der Waals surface area contributed by atoms with Crippen LogP contribution in [0.15, 0.2) is 35.2 Å². The summed E-state index contributed by atoms with van der Waals surface area (Å²) < 4.78 is 46.0. The number of likely N-dealkylation sites (tertiary alicyclic amines) is 1. The Morgan fingerprint density at radius 2 is 1.97 bits per heavy atom. The third-order valence-corrected chi connectivity index (χ3v) is 6.57. The van der Waals surface area contributed by atoms with Crippen LogP contribution >= 0.6 is 11.5 Å². The number of oxazole rings is 1. The zero-order valence-electron chi connectivity index (χ0n) is 18.3. The van der Waals surface area contributed by atoms with E-state index in [4.69, 9.17) is 17.6 Å². The number of carbonyl (C=O) groups is 1. The maximum atomic E-state index is 14.1. The number of hydrogen-bond donors (Lipinski definition) is 0. The predicted octanol–water partition coefficient (Wildman–Crippen LogP) is 2.62. The van der Waals surface area contributed by atoms with Gasteiger partial charge < -0.3 is 19.0 Å². The van der Waals surface area contributed by atoms with Gasteiger partial charge in [-0.3, -0.25) is 4.79 Å². The molecule has 180 valence electrons. The predicted molar refractivity (Wildman–Crippen MR) is 121 cm³/mol. The summed E-state index contributed by atoms with van der Waals surface area (Å²) in [6, 6.07) is 4.95. The van der Waals surface area contributed by atoms with Gasteiger partial charge in [-0.25, -0.2) is 9.37 Å². The molecule has 1 amide bonds. The second-order valence-electron chi connectivity index (χ2n) is 7.91. The van der Waals surface area contributed by atoms with Gasteiger partial charge in [0.25, 0.3) is 5.91 Å². The molecule has 0 N–H and O–H groups in total. The summed E-state index contributed by atoms with van der Waals surface area (Å²) >= 11 is 0.583. The maximum absolute atomic E-state index is 14.1. The first-order valence-corrected chi connectivity index (χ1v) is 12.1. The number of aryl methyl sites for hydroxylation is 1. The van der Waals surface area contributed by atoms with Crippen LogP contribution in [0.3, 0.4) is 0 Å². The molecular formula is C21H22FN5O5S2. The Balaban J connectivity index is 0.000000868. The molecular weight excluding hydrogens is 485 g/mol. The number of ether oxygens (including phenoxy) is 1. The Kier molecular flexibility index (Phi) is 7.63. The molecule has 0 radical (unpaired) electrons. The van der Waals surface area contributed by atoms with Gasteiger partial charge >= 0.3 is 11.6 Å². The van der Waals surface area contributed by atoms with Crippen LogP contribution in [0.2, 0.25) is 0 Å². The molecule has 4 heterocycles. The van der Waals surface area contributed by atoms with Gasteiger partial charge in [-0.15, -0.1) is 0 Å². The zero-order valence-corrected chi connectivity index (χ0v) is 19.9. The topological polar surface area (TPSA) is 119 Å². The van der Waals surface area contributed by atoms with Gasteiger partial charge in [0.15, 0.2) is 29.8 Å². The molecule has 13 heteroatoms. The van der Waals surface area contributed by atoms with Gasteiger partial charge in [0, 0.05) is 43.6 Å². The van der Waals surface area contributed by atoms with Crippen LogP contribution in [0.25, 0.3) is 11.6 Å². The van der Waals surface area contributed by atoms with E-state index in [1.165, 1.54) is 24.0 Å². The molecule has 0 unspecified atom stereocenters. The molecule has 0 saturated carbocycles. The summed E-state index contributed by atoms with van der Waals surface area (Å²) in [7, 11) is 0. The van der Waals surface area contributed by atoms with Crippen LogP contribution in [0.5, 0.6) is 5.75 Å². The Labute approximate surface area is 202 Å². The number of rotatable bonds is 5. The van der Waals surface area contributed by atoms with Crippen molar-refractivity contribution in [2.45, 2.75) is 38.3 Å². The van der Waals surface area contributed by atoms with Crippen molar-refractivity contribution in [1.82, 2.24) is 19.2 Å². The summed E-state index contributed by atoms with van der Waals surface area (Å²) in [6.07, 6.45) is 4.59. The molecule has 2 aromatic heterocycles. The Hall–Kier alpha value is -3.19. The molecule has 0 spiro atoms. The SMILES string of the molecule is Cc1ccc(O[C@H]2CCN(C3CCN(c4nc(-c5cnco5)ns4)CC3)C2=O)c(F)c1.O=S=O. The molecule has 10 nitrogen and oxygen atoms in total. The number of amides is 1. The number of benzene rings is 1. The van der Waals surface area contributed by atoms with E-state index in [1.807, 2.05) is 11.8 Å². The standard InChI is InChI=1S/C21H22FN5O3S.O2S/c1-13-2-3-16(15(22)10-13)30-17-6-9-27(20(17)28)14-4-7-26(8-5-14)21-24-19(25-31-21)18-11-23-12-29-18;1-3-2/h2-3,10-12,14,17H,4-9H2,1H3;/t17-;/m0./s1. The van der Waals surface area contributed by atoms with E-state index in [1.54, 1.807) is 18.3 Å². The van der Waals surface area contributed by atoms with Gasteiger partial charge in [-0.2, -0.15) is 17.8 Å². The fraction of sp³-hybridized carbons (Fsp3) is 0.429. The second kappa shape index (κ2) is 10.8. The highest BCUT2D eigenvalue weighted by Gasteiger charge is 2.39. The molecule has 2 fully saturated rings. The van der Waals surface area contributed by atoms with Crippen LogP contribution in [0.4, 0.5) is 9.52 Å². The summed E-state index contributed by atoms with van der Waals surface area (Å²) in [4.78, 5) is 25.4. The van der Waals surface area contributed by atoms with Gasteiger partial charge in [0.2, 0.25) is 11.0 Å². The van der Waals surface area contributed by atoms with Crippen molar-refractivity contribution in [2.75, 3.05) is 24.5 Å². The smallest absolute Gasteiger partial charge is 0.335 e. The third-order valence-electron chi connectivity index (χ3n) is 5.79. The van der Waals surface area contributed by atoms with Crippen molar-refractivity contribution < 1.29 is 26.8 Å². The fourth-order valence-corrected chi connectivity index (χ4v) is 4.86. The number of hydrogen-bond acceptors (Lipinski definition) is 10. The number of carbonyl (C=O) groups excluding carboxylic acids is 1. The van der Waals surface area contributed by atoms with Crippen molar-refractivity contribution in [2.24, 2.45) is 0 Å². The number of nitrogens with zero attached hydrogens (tertiary/aromatic N) is 5. The molecule has 34 heavy (non-hydrogen) atoms. The molecule has 2 aliphatic rings. The largest absolute Gasteiger partial charge is 0.477 e. The van der Waals surface area contributed by atoms with Crippen LogP contribution < -0.4 is 9.64 Å². The van der Waals surface area contributed by atoms with Crippen LogP contribution in [0, 0.1) is 12.7 Å². The molecule has 2 aliphatic heterocycles. The molecule has 1 aromatic carbocycles. The monoisotopic (exact) mass is 507 g/mol. The van der Waals surface area contributed by atoms with Gasteiger partial charge in [0.1, 0.15) is 0 Å². The lowest BCUT2D eigenvalue weighted by atomic mass is 10.0. The van der Waals surface area contributed by atoms with Crippen LogP contribution in [0.1, 0.15) is 24.8 Å². The summed E-state index contributed by atoms with van der Waals surface area (Å²) in [5.41, 5.74) is 0.819. The lowest BCUT2D eigenvalue weighted by molar-refractivity contribution is -0.135. The minimum absolute atomic E-state index is 0.0538. The van der Waals surface area contributed by atoms with Crippen LogP contribution in [-0.4, -0.2) is 65.3 Å². The van der Waals surface area contributed by atoms with E-state index < -0.39 is 23.5 Å². The number of aromatic nitrogens is 3. The van der Waals surface area contributed by atoms with Gasteiger partial charge in [0.05, 0.1) is 6.20 Å². The van der Waals surface area contributed by atoms with Crippen molar-refractivity contribution in [3.63, 3.8) is 0 Å². The van der Waals surface area contributed by atoms with Crippen molar-refractivity contribution >= 4 is 34.1 Å². The van der Waals surface area contributed by atoms with Gasteiger partial charge in [-0.05, 0) is 37.5 Å². The Morgan fingerprint density at radius 3 is 2.65 bits per heavy atom. The molecule has 3 aromatic rings. The minimum atomic E-state index is -0.750. The summed E-state index contributed by atoms with van der Waals surface area (Å²) in [6.45, 7) is 4.03. The van der Waals surface area contributed by atoms with E-state index in [9.17, 15) is 9.18 Å². The van der Waals surface area contributed by atoms with Crippen LogP contribution in [-0.2, 0) is 16.4 Å². The lowest BCUT2D eigenvalue weighted by Gasteiger charge is -2.36. The van der Waals surface area contributed by atoms with Crippen molar-refractivity contribution in [3.05, 3.63) is 42.2 Å². The third kappa shape index (κ3) is 5.30. The molecule has 0 aliphatic carbocycles. The van der Waals surface area contributed by atoms with E-state index in [2.05, 4.69) is 19.2 Å². The number of halogens is 1. The highest BCUT2D eigenvalue weighted by atomic mass is 32.1. The second-order valence-corrected chi connectivity index (χ2v) is 8.78. The average molecular weight is 508 g/mol. The highest BCUT2D eigenvalue weighted by Crippen LogP contribution is 2.30. The fourth-order valence-electron chi connectivity index (χ4n) is 4.14. The first-order chi connectivity index (χ1) is 16.5. The highest BCUT2D eigenvalue weighted by molar-refractivity contribution is 7.51. The average Bonchev–Trinajstić information content (AvgIpc) is 3.58. The molecule has 1 atom stereocenters. The quantitative estimate of drug-likeness (QED) is 0.513. The first kappa shape index (κ1) is 24.0. The molecule has 2 saturated heterocycles. The van der Waals surface area contributed by atoms with E-state index in [-0.39, 0.29) is 17.7 Å². The van der Waals surface area contributed by atoms with Crippen molar-refractivity contribution in [1.29, 1.82) is 0 Å². The maximum Gasteiger partial charge on any atom is 0.335 e. The zero-order chi connectivity index (χ0) is 24.1. The normalized spacial score (nSPS) is 18.5. The van der Waals surface area contributed by atoms with E-state index in [0.29, 0.717) is 24.6 Å².